The maximum atomic E-state index is 4.56. The highest BCUT2D eigenvalue weighted by atomic mass is 15.3. The van der Waals surface area contributed by atoms with E-state index in [4.69, 9.17) is 0 Å². The van der Waals surface area contributed by atoms with Crippen molar-refractivity contribution < 1.29 is 0 Å². The molecule has 0 unspecified atom stereocenters. The molecule has 3 aromatic rings. The van der Waals surface area contributed by atoms with Crippen LogP contribution in [0.4, 0.5) is 0 Å². The molecule has 0 atom stereocenters. The number of aryl methyl sites for hydroxylation is 3. The predicted molar refractivity (Wildman–Crippen MR) is 86.2 cm³/mol. The van der Waals surface area contributed by atoms with Crippen molar-refractivity contribution in [2.45, 2.75) is 26.9 Å². The topological polar surface area (TPSA) is 51.8 Å². The van der Waals surface area contributed by atoms with Gasteiger partial charge in [-0.3, -0.25) is 14.3 Å². The molecular formula is C16H22N6. The maximum Gasteiger partial charge on any atom is 0.157 e. The van der Waals surface area contributed by atoms with Crippen LogP contribution in [0, 0.1) is 6.92 Å². The van der Waals surface area contributed by atoms with Gasteiger partial charge in [0.15, 0.2) is 5.65 Å². The molecule has 0 spiro atoms. The number of hydrogen-bond donors (Lipinski definition) is 0. The molecule has 0 saturated carbocycles. The van der Waals surface area contributed by atoms with Crippen LogP contribution in [-0.2, 0) is 27.2 Å². The van der Waals surface area contributed by atoms with E-state index in [0.717, 1.165) is 36.4 Å². The number of aromatic nitrogens is 5. The maximum absolute atomic E-state index is 4.56. The Morgan fingerprint density at radius 3 is 2.59 bits per heavy atom. The third-order valence-corrected chi connectivity index (χ3v) is 3.94. The van der Waals surface area contributed by atoms with Gasteiger partial charge in [-0.1, -0.05) is 6.92 Å². The van der Waals surface area contributed by atoms with Crippen LogP contribution >= 0.6 is 0 Å². The third kappa shape index (κ3) is 2.87. The van der Waals surface area contributed by atoms with Gasteiger partial charge in [-0.05, 0) is 25.1 Å². The second-order valence-electron chi connectivity index (χ2n) is 5.75. The molecule has 3 rings (SSSR count). The summed E-state index contributed by atoms with van der Waals surface area (Å²) in [5.74, 6) is 0. The zero-order valence-corrected chi connectivity index (χ0v) is 13.6. The summed E-state index contributed by atoms with van der Waals surface area (Å²) in [5, 5.41) is 9.80. The van der Waals surface area contributed by atoms with Crippen molar-refractivity contribution in [1.82, 2.24) is 29.4 Å². The molecule has 6 heteroatoms. The fourth-order valence-corrected chi connectivity index (χ4v) is 2.79. The average molecular weight is 298 g/mol. The Morgan fingerprint density at radius 2 is 1.91 bits per heavy atom. The van der Waals surface area contributed by atoms with Gasteiger partial charge in [-0.15, -0.1) is 0 Å². The second-order valence-corrected chi connectivity index (χ2v) is 5.75. The van der Waals surface area contributed by atoms with Gasteiger partial charge in [0.25, 0.3) is 0 Å². The third-order valence-electron chi connectivity index (χ3n) is 3.94. The molecule has 0 amide bonds. The predicted octanol–water partition coefficient (Wildman–Crippen LogP) is 2.03. The normalized spacial score (nSPS) is 11.7. The van der Waals surface area contributed by atoms with Gasteiger partial charge in [0, 0.05) is 50.5 Å². The molecule has 0 aromatic carbocycles. The summed E-state index contributed by atoms with van der Waals surface area (Å²) in [6.07, 6.45) is 5.94. The van der Waals surface area contributed by atoms with Crippen molar-refractivity contribution in [1.29, 1.82) is 0 Å². The fourth-order valence-electron chi connectivity index (χ4n) is 2.79. The molecule has 3 heterocycles. The van der Waals surface area contributed by atoms with E-state index in [9.17, 15) is 0 Å². The number of nitrogens with zero attached hydrogens (tertiary/aromatic N) is 6. The highest BCUT2D eigenvalue weighted by Gasteiger charge is 2.10. The van der Waals surface area contributed by atoms with E-state index in [2.05, 4.69) is 39.3 Å². The number of rotatable bonds is 5. The summed E-state index contributed by atoms with van der Waals surface area (Å²) >= 11 is 0. The van der Waals surface area contributed by atoms with Gasteiger partial charge < -0.3 is 0 Å². The molecule has 6 nitrogen and oxygen atoms in total. The van der Waals surface area contributed by atoms with Gasteiger partial charge in [-0.25, -0.2) is 4.98 Å². The Bertz CT molecular complexity index is 785. The van der Waals surface area contributed by atoms with Crippen molar-refractivity contribution in [3.8, 4) is 0 Å². The molecule has 22 heavy (non-hydrogen) atoms. The SMILES string of the molecule is CCN(Cc1cnc2c(c1)c(C)nn2C)Cc1cnn(C)c1. The zero-order chi connectivity index (χ0) is 15.7. The summed E-state index contributed by atoms with van der Waals surface area (Å²) in [5.41, 5.74) is 4.42. The standard InChI is InChI=1S/C16H22N6/c1-5-22(11-14-8-18-20(3)9-14)10-13-6-15-12(2)19-21(4)16(15)17-7-13/h6-9H,5,10-11H2,1-4H3. The van der Waals surface area contributed by atoms with Crippen molar-refractivity contribution in [2.24, 2.45) is 14.1 Å². The smallest absolute Gasteiger partial charge is 0.157 e. The number of hydrogen-bond acceptors (Lipinski definition) is 4. The summed E-state index contributed by atoms with van der Waals surface area (Å²) in [6, 6.07) is 2.20. The van der Waals surface area contributed by atoms with Gasteiger partial charge in [0.05, 0.1) is 11.9 Å². The first-order valence-electron chi connectivity index (χ1n) is 7.55. The summed E-state index contributed by atoms with van der Waals surface area (Å²) in [6.45, 7) is 6.97. The van der Waals surface area contributed by atoms with Gasteiger partial charge in [0.1, 0.15) is 0 Å². The lowest BCUT2D eigenvalue weighted by atomic mass is 10.2. The molecule has 0 bridgehead atoms. The highest BCUT2D eigenvalue weighted by molar-refractivity contribution is 5.78. The Labute approximate surface area is 130 Å². The van der Waals surface area contributed by atoms with Crippen LogP contribution in [0.5, 0.6) is 0 Å². The molecule has 0 N–H and O–H groups in total. The van der Waals surface area contributed by atoms with Crippen LogP contribution in [0.3, 0.4) is 0 Å². The van der Waals surface area contributed by atoms with Crippen LogP contribution in [0.1, 0.15) is 23.7 Å². The highest BCUT2D eigenvalue weighted by Crippen LogP contribution is 2.18. The minimum absolute atomic E-state index is 0.878. The van der Waals surface area contributed by atoms with Crippen molar-refractivity contribution in [3.63, 3.8) is 0 Å². The number of pyridine rings is 1. The Balaban J connectivity index is 1.79. The summed E-state index contributed by atoms with van der Waals surface area (Å²) in [7, 11) is 3.88. The van der Waals surface area contributed by atoms with E-state index in [0.29, 0.717) is 0 Å². The monoisotopic (exact) mass is 298 g/mol. The summed E-state index contributed by atoms with van der Waals surface area (Å²) < 4.78 is 3.68. The average Bonchev–Trinajstić information content (AvgIpc) is 3.02. The van der Waals surface area contributed by atoms with Crippen molar-refractivity contribution >= 4 is 11.0 Å². The van der Waals surface area contributed by atoms with Crippen LogP contribution in [0.25, 0.3) is 11.0 Å². The Hall–Kier alpha value is -2.21. The van der Waals surface area contributed by atoms with Gasteiger partial charge >= 0.3 is 0 Å². The van der Waals surface area contributed by atoms with E-state index in [-0.39, 0.29) is 0 Å². The molecular weight excluding hydrogens is 276 g/mol. The minimum atomic E-state index is 0.878. The fraction of sp³-hybridized carbons (Fsp3) is 0.438. The Kier molecular flexibility index (Phi) is 3.94. The van der Waals surface area contributed by atoms with Crippen molar-refractivity contribution in [2.75, 3.05) is 6.54 Å². The molecule has 0 fully saturated rings. The molecule has 0 aliphatic heterocycles. The quantitative estimate of drug-likeness (QED) is 0.723. The van der Waals surface area contributed by atoms with E-state index in [1.807, 2.05) is 42.8 Å². The lowest BCUT2D eigenvalue weighted by molar-refractivity contribution is 0.271. The van der Waals surface area contributed by atoms with Crippen LogP contribution in [0.2, 0.25) is 0 Å². The minimum Gasteiger partial charge on any atom is -0.295 e. The molecule has 116 valence electrons. The lowest BCUT2D eigenvalue weighted by Crippen LogP contribution is -2.22. The summed E-state index contributed by atoms with van der Waals surface area (Å²) in [4.78, 5) is 6.94. The van der Waals surface area contributed by atoms with E-state index >= 15 is 0 Å². The van der Waals surface area contributed by atoms with Crippen LogP contribution < -0.4 is 0 Å². The number of fused-ring (bicyclic) bond motifs is 1. The molecule has 0 aliphatic carbocycles. The molecule has 0 saturated heterocycles. The lowest BCUT2D eigenvalue weighted by Gasteiger charge is -2.19. The van der Waals surface area contributed by atoms with E-state index in [1.54, 1.807) is 0 Å². The second kappa shape index (κ2) is 5.88. The first-order chi connectivity index (χ1) is 10.6. The Morgan fingerprint density at radius 1 is 1.14 bits per heavy atom. The van der Waals surface area contributed by atoms with Crippen LogP contribution in [0.15, 0.2) is 24.7 Å². The van der Waals surface area contributed by atoms with Crippen molar-refractivity contribution in [3.05, 3.63) is 41.5 Å². The van der Waals surface area contributed by atoms with Gasteiger partial charge in [0.2, 0.25) is 0 Å². The molecule has 3 aromatic heterocycles. The first kappa shape index (κ1) is 14.7. The first-order valence-corrected chi connectivity index (χ1v) is 7.55. The van der Waals surface area contributed by atoms with Gasteiger partial charge in [-0.2, -0.15) is 10.2 Å². The van der Waals surface area contributed by atoms with E-state index < -0.39 is 0 Å². The largest absolute Gasteiger partial charge is 0.295 e. The molecule has 0 aliphatic rings. The van der Waals surface area contributed by atoms with Crippen LogP contribution in [-0.4, -0.2) is 36.0 Å². The van der Waals surface area contributed by atoms with E-state index in [1.165, 1.54) is 11.1 Å². The molecule has 0 radical (unpaired) electrons. The zero-order valence-electron chi connectivity index (χ0n) is 13.6.